The van der Waals surface area contributed by atoms with Crippen LogP contribution in [-0.2, 0) is 0 Å². The Hall–Kier alpha value is -0.110. The van der Waals surface area contributed by atoms with Crippen LogP contribution in [0.3, 0.4) is 0 Å². The van der Waals surface area contributed by atoms with E-state index in [0.717, 1.165) is 29.4 Å². The molecule has 0 aliphatic carbocycles. The van der Waals surface area contributed by atoms with Gasteiger partial charge in [0.15, 0.2) is 0 Å². The molecule has 0 saturated carbocycles. The van der Waals surface area contributed by atoms with E-state index in [1.807, 2.05) is 43.3 Å². The van der Waals surface area contributed by atoms with Crippen LogP contribution in [0.1, 0.15) is 24.2 Å². The van der Waals surface area contributed by atoms with Gasteiger partial charge in [-0.3, -0.25) is 0 Å². The molecule has 0 saturated heterocycles. The van der Waals surface area contributed by atoms with E-state index in [-0.39, 0.29) is 0 Å². The topological polar surface area (TPSA) is 29.5 Å². The molecule has 0 aromatic heterocycles. The zero-order valence-electron chi connectivity index (χ0n) is 10.7. The Bertz CT molecular complexity index is 617. The van der Waals surface area contributed by atoms with E-state index in [2.05, 4.69) is 54.5 Å². The van der Waals surface area contributed by atoms with Crippen LogP contribution in [0.25, 0.3) is 0 Å². The molecule has 1 unspecified atom stereocenters. The highest BCUT2D eigenvalue weighted by Gasteiger charge is 2.15. The summed E-state index contributed by atoms with van der Waals surface area (Å²) in [7, 11) is 0. The maximum atomic E-state index is 10.5. The molecule has 0 bridgehead atoms. The molecule has 2 nitrogen and oxygen atoms in total. The van der Waals surface area contributed by atoms with Crippen LogP contribution in [0, 0.1) is 3.57 Å². The van der Waals surface area contributed by atoms with Crippen molar-refractivity contribution in [1.82, 2.24) is 0 Å². The lowest BCUT2D eigenvalue weighted by atomic mass is 10.0. The van der Waals surface area contributed by atoms with Gasteiger partial charge in [0.25, 0.3) is 0 Å². The SMILES string of the molecule is CCOc1ccc(C(O)c2cc(I)ccc2Br)cc1Br. The molecule has 0 fully saturated rings. The van der Waals surface area contributed by atoms with Crippen LogP contribution in [-0.4, -0.2) is 11.7 Å². The van der Waals surface area contributed by atoms with Gasteiger partial charge in [-0.05, 0) is 81.3 Å². The fourth-order valence-electron chi connectivity index (χ4n) is 1.86. The largest absolute Gasteiger partial charge is 0.493 e. The van der Waals surface area contributed by atoms with Crippen LogP contribution in [0.4, 0.5) is 0 Å². The van der Waals surface area contributed by atoms with E-state index in [9.17, 15) is 5.11 Å². The maximum absolute atomic E-state index is 10.5. The summed E-state index contributed by atoms with van der Waals surface area (Å²) in [5.41, 5.74) is 1.68. The highest BCUT2D eigenvalue weighted by atomic mass is 127. The minimum atomic E-state index is -0.675. The van der Waals surface area contributed by atoms with Crippen molar-refractivity contribution < 1.29 is 9.84 Å². The molecule has 5 heteroatoms. The van der Waals surface area contributed by atoms with Gasteiger partial charge in [0.05, 0.1) is 11.1 Å². The van der Waals surface area contributed by atoms with Crippen LogP contribution in [0.5, 0.6) is 5.75 Å². The van der Waals surface area contributed by atoms with Gasteiger partial charge in [-0.15, -0.1) is 0 Å². The number of aliphatic hydroxyl groups excluding tert-OH is 1. The van der Waals surface area contributed by atoms with Crippen molar-refractivity contribution in [2.75, 3.05) is 6.61 Å². The Morgan fingerprint density at radius 1 is 1.15 bits per heavy atom. The second-order valence-corrected chi connectivity index (χ2v) is 7.15. The van der Waals surface area contributed by atoms with Crippen molar-refractivity contribution in [3.63, 3.8) is 0 Å². The van der Waals surface area contributed by atoms with Crippen LogP contribution in [0.15, 0.2) is 45.3 Å². The number of ether oxygens (including phenoxy) is 1. The van der Waals surface area contributed by atoms with E-state index >= 15 is 0 Å². The first-order valence-electron chi connectivity index (χ1n) is 6.08. The average Bonchev–Trinajstić information content (AvgIpc) is 2.43. The Kier molecular flexibility index (Phi) is 5.89. The van der Waals surface area contributed by atoms with E-state index in [4.69, 9.17) is 4.74 Å². The molecule has 2 aromatic carbocycles. The molecule has 0 radical (unpaired) electrons. The average molecular weight is 512 g/mol. The summed E-state index contributed by atoms with van der Waals surface area (Å²) in [5, 5.41) is 10.5. The minimum Gasteiger partial charge on any atom is -0.493 e. The summed E-state index contributed by atoms with van der Waals surface area (Å²) in [6, 6.07) is 11.6. The van der Waals surface area contributed by atoms with Gasteiger partial charge in [-0.2, -0.15) is 0 Å². The summed E-state index contributed by atoms with van der Waals surface area (Å²) in [5.74, 6) is 0.783. The van der Waals surface area contributed by atoms with Gasteiger partial charge in [0.2, 0.25) is 0 Å². The summed E-state index contributed by atoms with van der Waals surface area (Å²) in [4.78, 5) is 0. The summed E-state index contributed by atoms with van der Waals surface area (Å²) >= 11 is 9.20. The molecule has 20 heavy (non-hydrogen) atoms. The molecular formula is C15H13Br2IO2. The van der Waals surface area contributed by atoms with Crippen LogP contribution >= 0.6 is 54.5 Å². The molecule has 0 heterocycles. The third-order valence-electron chi connectivity index (χ3n) is 2.82. The second-order valence-electron chi connectivity index (χ2n) is 4.19. The highest BCUT2D eigenvalue weighted by molar-refractivity contribution is 14.1. The van der Waals surface area contributed by atoms with Gasteiger partial charge in [0, 0.05) is 13.6 Å². The number of benzene rings is 2. The van der Waals surface area contributed by atoms with Crippen LogP contribution in [0.2, 0.25) is 0 Å². The van der Waals surface area contributed by atoms with Crippen molar-refractivity contribution in [2.24, 2.45) is 0 Å². The Morgan fingerprint density at radius 2 is 1.90 bits per heavy atom. The Labute approximate surface area is 148 Å². The van der Waals surface area contributed by atoms with Gasteiger partial charge in [-0.1, -0.05) is 22.0 Å². The molecule has 0 spiro atoms. The van der Waals surface area contributed by atoms with Crippen molar-refractivity contribution in [1.29, 1.82) is 0 Å². The number of halogens is 3. The number of aliphatic hydroxyl groups is 1. The molecule has 0 amide bonds. The first-order chi connectivity index (χ1) is 9.52. The zero-order valence-corrected chi connectivity index (χ0v) is 16.1. The fourth-order valence-corrected chi connectivity index (χ4v) is 3.35. The van der Waals surface area contributed by atoms with Crippen molar-refractivity contribution in [3.8, 4) is 5.75 Å². The molecule has 1 atom stereocenters. The quantitative estimate of drug-likeness (QED) is 0.565. The monoisotopic (exact) mass is 510 g/mol. The van der Waals surface area contributed by atoms with Crippen molar-refractivity contribution in [3.05, 3.63) is 60.0 Å². The number of rotatable bonds is 4. The second kappa shape index (κ2) is 7.24. The standard InChI is InChI=1S/C15H13Br2IO2/c1-2-20-14-6-3-9(7-13(14)17)15(19)11-8-10(18)4-5-12(11)16/h3-8,15,19H,2H2,1H3. The third kappa shape index (κ3) is 3.75. The third-order valence-corrected chi connectivity index (χ3v) is 4.84. The predicted molar refractivity (Wildman–Crippen MR) is 96.2 cm³/mol. The minimum absolute atomic E-state index is 0.614. The maximum Gasteiger partial charge on any atom is 0.133 e. The lowest BCUT2D eigenvalue weighted by Gasteiger charge is -2.15. The molecule has 1 N–H and O–H groups in total. The van der Waals surface area contributed by atoms with E-state index < -0.39 is 6.10 Å². The summed E-state index contributed by atoms with van der Waals surface area (Å²) in [6.45, 7) is 2.56. The van der Waals surface area contributed by atoms with Gasteiger partial charge in [0.1, 0.15) is 11.9 Å². The van der Waals surface area contributed by atoms with Gasteiger partial charge < -0.3 is 9.84 Å². The lowest BCUT2D eigenvalue weighted by Crippen LogP contribution is -2.02. The molecule has 0 aliphatic heterocycles. The highest BCUT2D eigenvalue weighted by Crippen LogP contribution is 2.34. The van der Waals surface area contributed by atoms with Gasteiger partial charge >= 0.3 is 0 Å². The smallest absolute Gasteiger partial charge is 0.133 e. The molecule has 2 aromatic rings. The first-order valence-corrected chi connectivity index (χ1v) is 8.74. The normalized spacial score (nSPS) is 12.2. The van der Waals surface area contributed by atoms with Crippen molar-refractivity contribution in [2.45, 2.75) is 13.0 Å². The Balaban J connectivity index is 2.35. The number of hydrogen-bond acceptors (Lipinski definition) is 2. The van der Waals surface area contributed by atoms with E-state index in [0.29, 0.717) is 6.61 Å². The van der Waals surface area contributed by atoms with E-state index in [1.54, 1.807) is 0 Å². The van der Waals surface area contributed by atoms with E-state index in [1.165, 1.54) is 0 Å². The lowest BCUT2D eigenvalue weighted by molar-refractivity contribution is 0.219. The Morgan fingerprint density at radius 3 is 2.55 bits per heavy atom. The number of hydrogen-bond donors (Lipinski definition) is 1. The summed E-state index contributed by atoms with van der Waals surface area (Å²) in [6.07, 6.45) is -0.675. The predicted octanol–water partition coefficient (Wildman–Crippen LogP) is 5.30. The first kappa shape index (κ1) is 16.3. The molecule has 2 rings (SSSR count). The van der Waals surface area contributed by atoms with Gasteiger partial charge in [-0.25, -0.2) is 0 Å². The summed E-state index contributed by atoms with van der Waals surface area (Å²) < 4.78 is 8.31. The van der Waals surface area contributed by atoms with Crippen molar-refractivity contribution >= 4 is 54.5 Å². The van der Waals surface area contributed by atoms with Crippen LogP contribution < -0.4 is 4.74 Å². The molecular weight excluding hydrogens is 499 g/mol. The fraction of sp³-hybridized carbons (Fsp3) is 0.200. The zero-order chi connectivity index (χ0) is 14.7. The molecule has 106 valence electrons. The molecule has 0 aliphatic rings.